The van der Waals surface area contributed by atoms with Crippen molar-refractivity contribution in [3.63, 3.8) is 0 Å². The Kier molecular flexibility index (Phi) is 4.83. The topological polar surface area (TPSA) is 24.9 Å². The van der Waals surface area contributed by atoms with E-state index in [-0.39, 0.29) is 0 Å². The first-order valence-corrected chi connectivity index (χ1v) is 6.97. The summed E-state index contributed by atoms with van der Waals surface area (Å²) in [6.45, 7) is 6.50. The summed E-state index contributed by atoms with van der Waals surface area (Å²) < 4.78 is 37.7. The molecule has 114 valence electrons. The third kappa shape index (κ3) is 4.17. The lowest BCUT2D eigenvalue weighted by Gasteiger charge is -2.13. The lowest BCUT2D eigenvalue weighted by molar-refractivity contribution is -0.141. The van der Waals surface area contributed by atoms with Crippen molar-refractivity contribution < 1.29 is 13.2 Å². The molecule has 1 aliphatic carbocycles. The molecule has 0 fully saturated rings. The van der Waals surface area contributed by atoms with E-state index in [1.54, 1.807) is 6.07 Å². The van der Waals surface area contributed by atoms with Gasteiger partial charge in [0, 0.05) is 24.7 Å². The summed E-state index contributed by atoms with van der Waals surface area (Å²) >= 11 is 0. The highest BCUT2D eigenvalue weighted by atomic mass is 19.4. The van der Waals surface area contributed by atoms with E-state index in [1.165, 1.54) is 17.2 Å². The van der Waals surface area contributed by atoms with Crippen LogP contribution in [0.4, 0.5) is 13.2 Å². The number of hydrogen-bond acceptors (Lipinski definition) is 2. The molecule has 0 bridgehead atoms. The van der Waals surface area contributed by atoms with Crippen molar-refractivity contribution in [3.05, 3.63) is 53.4 Å². The lowest BCUT2D eigenvalue weighted by atomic mass is 10.1. The zero-order valence-electron chi connectivity index (χ0n) is 12.0. The monoisotopic (exact) mass is 296 g/mol. The van der Waals surface area contributed by atoms with Crippen LogP contribution in [0.5, 0.6) is 0 Å². The molecule has 1 N–H and O–H groups in total. The molecule has 1 aromatic heterocycles. The fourth-order valence-electron chi connectivity index (χ4n) is 2.60. The minimum absolute atomic E-state index is 0.351. The van der Waals surface area contributed by atoms with Crippen LogP contribution in [0.25, 0.3) is 0 Å². The van der Waals surface area contributed by atoms with Crippen molar-refractivity contribution in [2.75, 3.05) is 6.54 Å². The third-order valence-electron chi connectivity index (χ3n) is 3.72. The van der Waals surface area contributed by atoms with Crippen LogP contribution in [-0.2, 0) is 12.6 Å². The standard InChI is InChI=1S/C16H19F3N2/c1-3-12-10-14(9-11(12)2)20-8-7-13-5-4-6-15(21-13)16(17,18)19/h3-6,14,20H,1,7-10H2,2H3. The summed E-state index contributed by atoms with van der Waals surface area (Å²) in [5.74, 6) is 0. The number of rotatable bonds is 5. The minimum Gasteiger partial charge on any atom is -0.313 e. The van der Waals surface area contributed by atoms with Gasteiger partial charge in [-0.2, -0.15) is 13.2 Å². The van der Waals surface area contributed by atoms with E-state index in [1.807, 2.05) is 6.08 Å². The smallest absolute Gasteiger partial charge is 0.313 e. The second-order valence-corrected chi connectivity index (χ2v) is 5.33. The first kappa shape index (κ1) is 15.8. The van der Waals surface area contributed by atoms with Gasteiger partial charge in [-0.1, -0.05) is 24.3 Å². The Bertz CT molecular complexity index is 547. The number of aromatic nitrogens is 1. The highest BCUT2D eigenvalue weighted by Crippen LogP contribution is 2.28. The molecule has 2 nitrogen and oxygen atoms in total. The Morgan fingerprint density at radius 2 is 2.14 bits per heavy atom. The molecule has 2 rings (SSSR count). The molecular weight excluding hydrogens is 277 g/mol. The molecule has 1 aliphatic rings. The van der Waals surface area contributed by atoms with Gasteiger partial charge in [0.2, 0.25) is 0 Å². The molecule has 0 amide bonds. The Morgan fingerprint density at radius 1 is 1.38 bits per heavy atom. The Balaban J connectivity index is 1.84. The Labute approximate surface area is 122 Å². The van der Waals surface area contributed by atoms with Gasteiger partial charge < -0.3 is 5.32 Å². The fourth-order valence-corrected chi connectivity index (χ4v) is 2.60. The van der Waals surface area contributed by atoms with E-state index in [9.17, 15) is 13.2 Å². The van der Waals surface area contributed by atoms with E-state index in [0.717, 1.165) is 18.9 Å². The van der Waals surface area contributed by atoms with Crippen LogP contribution in [0, 0.1) is 0 Å². The predicted octanol–water partition coefficient (Wildman–Crippen LogP) is 3.90. The van der Waals surface area contributed by atoms with Crippen molar-refractivity contribution in [3.8, 4) is 0 Å². The normalized spacial score (nSPS) is 19.1. The maximum Gasteiger partial charge on any atom is 0.433 e. The van der Waals surface area contributed by atoms with Crippen molar-refractivity contribution in [2.24, 2.45) is 0 Å². The van der Waals surface area contributed by atoms with Gasteiger partial charge in [-0.05, 0) is 37.5 Å². The summed E-state index contributed by atoms with van der Waals surface area (Å²) in [4.78, 5) is 3.66. The summed E-state index contributed by atoms with van der Waals surface area (Å²) in [7, 11) is 0. The SMILES string of the molecule is C=CC1=C(C)CC(NCCc2cccc(C(F)(F)F)n2)C1. The van der Waals surface area contributed by atoms with Crippen molar-refractivity contribution in [2.45, 2.75) is 38.4 Å². The maximum atomic E-state index is 12.6. The molecule has 0 saturated carbocycles. The summed E-state index contributed by atoms with van der Waals surface area (Å²) in [6.07, 6.45) is -0.105. The number of halogens is 3. The van der Waals surface area contributed by atoms with E-state index in [2.05, 4.69) is 23.8 Å². The van der Waals surface area contributed by atoms with Crippen LogP contribution in [-0.4, -0.2) is 17.6 Å². The van der Waals surface area contributed by atoms with Crippen molar-refractivity contribution in [1.29, 1.82) is 0 Å². The van der Waals surface area contributed by atoms with Gasteiger partial charge in [0.25, 0.3) is 0 Å². The van der Waals surface area contributed by atoms with Gasteiger partial charge in [-0.25, -0.2) is 4.98 Å². The quantitative estimate of drug-likeness (QED) is 0.891. The Morgan fingerprint density at radius 3 is 2.76 bits per heavy atom. The van der Waals surface area contributed by atoms with Crippen LogP contribution in [0.15, 0.2) is 42.0 Å². The molecular formula is C16H19F3N2. The molecule has 0 saturated heterocycles. The van der Waals surface area contributed by atoms with Crippen molar-refractivity contribution >= 4 is 0 Å². The van der Waals surface area contributed by atoms with Gasteiger partial charge in [0.15, 0.2) is 0 Å². The number of allylic oxidation sites excluding steroid dienone is 1. The van der Waals surface area contributed by atoms with E-state index in [4.69, 9.17) is 0 Å². The molecule has 5 heteroatoms. The summed E-state index contributed by atoms with van der Waals surface area (Å²) in [5.41, 5.74) is 2.24. The van der Waals surface area contributed by atoms with E-state index in [0.29, 0.717) is 24.7 Å². The number of pyridine rings is 1. The number of hydrogen-bond donors (Lipinski definition) is 1. The number of nitrogens with zero attached hydrogens (tertiary/aromatic N) is 1. The van der Waals surface area contributed by atoms with Crippen LogP contribution >= 0.6 is 0 Å². The van der Waals surface area contributed by atoms with Crippen LogP contribution in [0.1, 0.15) is 31.2 Å². The highest BCUT2D eigenvalue weighted by molar-refractivity contribution is 5.29. The molecule has 0 radical (unpaired) electrons. The van der Waals surface area contributed by atoms with Crippen LogP contribution in [0.2, 0.25) is 0 Å². The fraction of sp³-hybridized carbons (Fsp3) is 0.438. The number of nitrogens with one attached hydrogen (secondary N) is 1. The largest absolute Gasteiger partial charge is 0.433 e. The molecule has 0 aliphatic heterocycles. The Hall–Kier alpha value is -1.62. The van der Waals surface area contributed by atoms with E-state index >= 15 is 0 Å². The van der Waals surface area contributed by atoms with Gasteiger partial charge in [0.05, 0.1) is 0 Å². The van der Waals surface area contributed by atoms with Crippen molar-refractivity contribution in [1.82, 2.24) is 10.3 Å². The molecule has 1 aromatic rings. The lowest BCUT2D eigenvalue weighted by Crippen LogP contribution is -2.29. The second-order valence-electron chi connectivity index (χ2n) is 5.33. The molecule has 0 aromatic carbocycles. The predicted molar refractivity (Wildman–Crippen MR) is 76.9 cm³/mol. The molecule has 0 spiro atoms. The molecule has 1 unspecified atom stereocenters. The van der Waals surface area contributed by atoms with Gasteiger partial charge >= 0.3 is 6.18 Å². The molecule has 1 heterocycles. The van der Waals surface area contributed by atoms with Gasteiger partial charge in [-0.3, -0.25) is 0 Å². The second kappa shape index (κ2) is 6.43. The average Bonchev–Trinajstić information content (AvgIpc) is 2.78. The molecule has 21 heavy (non-hydrogen) atoms. The maximum absolute atomic E-state index is 12.6. The zero-order valence-corrected chi connectivity index (χ0v) is 12.0. The highest BCUT2D eigenvalue weighted by Gasteiger charge is 2.32. The first-order chi connectivity index (χ1) is 9.90. The van der Waals surface area contributed by atoms with Crippen LogP contribution in [0.3, 0.4) is 0 Å². The summed E-state index contributed by atoms with van der Waals surface area (Å²) in [6, 6.07) is 4.38. The third-order valence-corrected chi connectivity index (χ3v) is 3.72. The average molecular weight is 296 g/mol. The van der Waals surface area contributed by atoms with E-state index < -0.39 is 11.9 Å². The first-order valence-electron chi connectivity index (χ1n) is 6.97. The summed E-state index contributed by atoms with van der Waals surface area (Å²) in [5, 5.41) is 3.37. The number of alkyl halides is 3. The minimum atomic E-state index is -4.38. The molecule has 1 atom stereocenters. The van der Waals surface area contributed by atoms with Crippen LogP contribution < -0.4 is 5.32 Å². The van der Waals surface area contributed by atoms with Gasteiger partial charge in [-0.15, -0.1) is 0 Å². The zero-order chi connectivity index (χ0) is 15.5. The van der Waals surface area contributed by atoms with Gasteiger partial charge in [0.1, 0.15) is 5.69 Å².